The summed E-state index contributed by atoms with van der Waals surface area (Å²) < 4.78 is 0. The molecular weight excluding hydrogens is 255 g/mol. The van der Waals surface area contributed by atoms with Gasteiger partial charge in [0.15, 0.2) is 0 Å². The molecular formula is C15H31BS2. The van der Waals surface area contributed by atoms with Gasteiger partial charge in [-0.25, -0.2) is 0 Å². The summed E-state index contributed by atoms with van der Waals surface area (Å²) in [6, 6.07) is 0. The first kappa shape index (κ1) is 18.5. The normalized spacial score (nSPS) is 10.6. The molecule has 0 atom stereocenters. The van der Waals surface area contributed by atoms with Crippen LogP contribution in [0.25, 0.3) is 0 Å². The molecule has 0 heterocycles. The summed E-state index contributed by atoms with van der Waals surface area (Å²) in [5, 5.41) is 0.755. The summed E-state index contributed by atoms with van der Waals surface area (Å²) in [5.41, 5.74) is 0. The van der Waals surface area contributed by atoms with Crippen LogP contribution in [0.15, 0.2) is 12.7 Å². The molecule has 0 saturated heterocycles. The van der Waals surface area contributed by atoms with Crippen molar-refractivity contribution in [1.29, 1.82) is 0 Å². The fourth-order valence-electron chi connectivity index (χ4n) is 1.81. The first-order valence-electron chi connectivity index (χ1n) is 7.69. The van der Waals surface area contributed by atoms with Gasteiger partial charge in [-0.1, -0.05) is 58.4 Å². The minimum absolute atomic E-state index is 0.755. The summed E-state index contributed by atoms with van der Waals surface area (Å²) in [7, 11) is 0. The Morgan fingerprint density at radius 3 is 1.72 bits per heavy atom. The summed E-state index contributed by atoms with van der Waals surface area (Å²) in [6.45, 7) is 8.44. The van der Waals surface area contributed by atoms with Crippen LogP contribution in [0.1, 0.15) is 65.2 Å². The molecule has 3 heteroatoms. The van der Waals surface area contributed by atoms with Crippen LogP contribution in [-0.2, 0) is 0 Å². The van der Waals surface area contributed by atoms with E-state index in [2.05, 4.69) is 49.7 Å². The zero-order valence-electron chi connectivity index (χ0n) is 12.5. The van der Waals surface area contributed by atoms with E-state index in [1.165, 1.54) is 62.9 Å². The lowest BCUT2D eigenvalue weighted by Gasteiger charge is -2.11. The van der Waals surface area contributed by atoms with E-state index in [1.807, 2.05) is 0 Å². The molecule has 0 spiro atoms. The van der Waals surface area contributed by atoms with Crippen molar-refractivity contribution in [3.63, 3.8) is 0 Å². The Kier molecular flexibility index (Phi) is 16.0. The highest BCUT2D eigenvalue weighted by Gasteiger charge is 2.12. The van der Waals surface area contributed by atoms with Crippen molar-refractivity contribution in [3.8, 4) is 0 Å². The summed E-state index contributed by atoms with van der Waals surface area (Å²) in [6.07, 6.45) is 14.3. The maximum Gasteiger partial charge on any atom is 0.277 e. The minimum Gasteiger partial charge on any atom is -0.195 e. The molecule has 0 bridgehead atoms. The van der Waals surface area contributed by atoms with E-state index in [-0.39, 0.29) is 0 Å². The Morgan fingerprint density at radius 2 is 1.33 bits per heavy atom. The highest BCUT2D eigenvalue weighted by Crippen LogP contribution is 2.25. The van der Waals surface area contributed by atoms with E-state index < -0.39 is 0 Å². The largest absolute Gasteiger partial charge is 0.277 e. The topological polar surface area (TPSA) is 0 Å². The second kappa shape index (κ2) is 15.6. The van der Waals surface area contributed by atoms with Gasteiger partial charge in [-0.3, -0.25) is 0 Å². The highest BCUT2D eigenvalue weighted by atomic mass is 32.2. The molecule has 0 aromatic heterocycles. The predicted octanol–water partition coefficient (Wildman–Crippen LogP) is 6.29. The van der Waals surface area contributed by atoms with Crippen LogP contribution in [0.5, 0.6) is 0 Å². The van der Waals surface area contributed by atoms with E-state index in [9.17, 15) is 0 Å². The van der Waals surface area contributed by atoms with Crippen LogP contribution in [0, 0.1) is 0 Å². The Bertz CT molecular complexity index is 160. The van der Waals surface area contributed by atoms with Crippen LogP contribution >= 0.6 is 23.2 Å². The molecule has 106 valence electrons. The van der Waals surface area contributed by atoms with Crippen molar-refractivity contribution < 1.29 is 0 Å². The zero-order chi connectivity index (χ0) is 13.5. The van der Waals surface area contributed by atoms with Gasteiger partial charge < -0.3 is 0 Å². The maximum atomic E-state index is 3.89. The van der Waals surface area contributed by atoms with Gasteiger partial charge in [0.1, 0.15) is 0 Å². The van der Waals surface area contributed by atoms with Crippen molar-refractivity contribution >= 4 is 28.5 Å². The molecule has 0 unspecified atom stereocenters. The zero-order valence-corrected chi connectivity index (χ0v) is 14.1. The number of hydrogen-bond donors (Lipinski definition) is 0. The van der Waals surface area contributed by atoms with Gasteiger partial charge in [-0.15, -0.1) is 6.58 Å². The molecule has 0 radical (unpaired) electrons. The summed E-state index contributed by atoms with van der Waals surface area (Å²) in [4.78, 5) is 0. The van der Waals surface area contributed by atoms with Crippen LogP contribution < -0.4 is 0 Å². The van der Waals surface area contributed by atoms with Crippen molar-refractivity contribution in [3.05, 3.63) is 12.7 Å². The van der Waals surface area contributed by atoms with Crippen LogP contribution in [0.3, 0.4) is 0 Å². The molecule has 0 nitrogen and oxygen atoms in total. The first-order valence-corrected chi connectivity index (χ1v) is 9.79. The van der Waals surface area contributed by atoms with Gasteiger partial charge in [0, 0.05) is 0 Å². The highest BCUT2D eigenvalue weighted by molar-refractivity contribution is 8.54. The van der Waals surface area contributed by atoms with Gasteiger partial charge in [-0.05, 0) is 30.7 Å². The van der Waals surface area contributed by atoms with Gasteiger partial charge >= 0.3 is 0 Å². The molecule has 18 heavy (non-hydrogen) atoms. The molecule has 0 aliphatic heterocycles. The maximum absolute atomic E-state index is 3.89. The predicted molar refractivity (Wildman–Crippen MR) is 94.0 cm³/mol. The fraction of sp³-hybridized carbons (Fsp3) is 0.867. The van der Waals surface area contributed by atoms with Crippen LogP contribution in [0.2, 0.25) is 6.32 Å². The van der Waals surface area contributed by atoms with Crippen molar-refractivity contribution in [1.82, 2.24) is 0 Å². The Labute approximate surface area is 124 Å². The van der Waals surface area contributed by atoms with E-state index in [0.29, 0.717) is 0 Å². The smallest absolute Gasteiger partial charge is 0.195 e. The lowest BCUT2D eigenvalue weighted by Crippen LogP contribution is -2.04. The number of rotatable bonds is 14. The molecule has 0 aromatic rings. The van der Waals surface area contributed by atoms with Crippen LogP contribution in [0.4, 0.5) is 0 Å². The first-order chi connectivity index (χ1) is 8.85. The number of allylic oxidation sites excluding steroid dienone is 1. The van der Waals surface area contributed by atoms with Crippen LogP contribution in [-0.4, -0.2) is 16.8 Å². The van der Waals surface area contributed by atoms with E-state index in [4.69, 9.17) is 0 Å². The van der Waals surface area contributed by atoms with Crippen molar-refractivity contribution in [2.24, 2.45) is 0 Å². The number of unbranched alkanes of at least 4 members (excludes halogenated alkanes) is 6. The lowest BCUT2D eigenvalue weighted by molar-refractivity contribution is 0.707. The average molecular weight is 286 g/mol. The van der Waals surface area contributed by atoms with Gasteiger partial charge in [0.2, 0.25) is 0 Å². The third kappa shape index (κ3) is 12.9. The Balaban J connectivity index is 3.48. The minimum atomic E-state index is 0.755. The standard InChI is InChI=1S/C15H31BS2/c1-4-7-9-11-14-17-16(13-6-3)18-15-12-10-8-5-2/h6H,3-5,7-15H2,1-2H3. The summed E-state index contributed by atoms with van der Waals surface area (Å²) >= 11 is 4.30. The van der Waals surface area contributed by atoms with Crippen molar-refractivity contribution in [2.75, 3.05) is 11.5 Å². The molecule has 0 aliphatic carbocycles. The fourth-order valence-corrected chi connectivity index (χ4v) is 4.58. The molecule has 0 rings (SSSR count). The lowest BCUT2D eigenvalue weighted by atomic mass is 10.0. The van der Waals surface area contributed by atoms with E-state index in [0.717, 1.165) is 11.6 Å². The third-order valence-corrected chi connectivity index (χ3v) is 5.96. The number of hydrogen-bond acceptors (Lipinski definition) is 2. The molecule has 0 aromatic carbocycles. The van der Waals surface area contributed by atoms with Gasteiger partial charge in [0.25, 0.3) is 5.27 Å². The monoisotopic (exact) mass is 286 g/mol. The van der Waals surface area contributed by atoms with Gasteiger partial charge in [-0.2, -0.15) is 23.2 Å². The second-order valence-electron chi connectivity index (χ2n) is 4.82. The molecule has 0 N–H and O–H groups in total. The Hall–Kier alpha value is 0.505. The molecule has 0 saturated carbocycles. The Morgan fingerprint density at radius 1 is 0.833 bits per heavy atom. The summed E-state index contributed by atoms with van der Waals surface area (Å²) in [5.74, 6) is 2.67. The average Bonchev–Trinajstić information content (AvgIpc) is 2.38. The molecule has 0 fully saturated rings. The van der Waals surface area contributed by atoms with E-state index in [1.54, 1.807) is 0 Å². The third-order valence-electron chi connectivity index (χ3n) is 2.96. The van der Waals surface area contributed by atoms with Crippen molar-refractivity contribution in [2.45, 2.75) is 71.5 Å². The van der Waals surface area contributed by atoms with E-state index >= 15 is 0 Å². The SMILES string of the molecule is C=CCB(SCCCCCC)SCCCCCC. The quantitative estimate of drug-likeness (QED) is 0.209. The van der Waals surface area contributed by atoms with Gasteiger partial charge in [0.05, 0.1) is 0 Å². The molecule has 0 amide bonds. The second-order valence-corrected chi connectivity index (χ2v) is 7.74. The molecule has 0 aliphatic rings.